The summed E-state index contributed by atoms with van der Waals surface area (Å²) in [6.45, 7) is 6.00. The zero-order valence-electron chi connectivity index (χ0n) is 18.4. The number of aryl methyl sites for hydroxylation is 1. The second-order valence-electron chi connectivity index (χ2n) is 8.25. The van der Waals surface area contributed by atoms with Crippen molar-refractivity contribution in [1.29, 1.82) is 0 Å². The average Bonchev–Trinajstić information content (AvgIpc) is 3.19. The van der Waals surface area contributed by atoms with Crippen LogP contribution in [0.1, 0.15) is 24.0 Å². The number of urea groups is 1. The molecular formula is C24H28ClN3O3S. The molecule has 0 aliphatic carbocycles. The SMILES string of the molecule is Cc1cccc(NC(=O)N2CCC3(CC2)SCCN3C(=O)COc2ccc(Cl)cc2)c1C. The Morgan fingerprint density at radius 1 is 1.09 bits per heavy atom. The molecule has 32 heavy (non-hydrogen) atoms. The van der Waals surface area contributed by atoms with Crippen LogP contribution in [-0.4, -0.2) is 58.6 Å². The molecule has 6 nitrogen and oxygen atoms in total. The van der Waals surface area contributed by atoms with Gasteiger partial charge in [0.25, 0.3) is 5.91 Å². The van der Waals surface area contributed by atoms with E-state index in [1.807, 2.05) is 53.6 Å². The number of ether oxygens (including phenoxy) is 1. The summed E-state index contributed by atoms with van der Waals surface area (Å²) in [6.07, 6.45) is 1.51. The van der Waals surface area contributed by atoms with Crippen LogP contribution >= 0.6 is 23.4 Å². The number of carbonyl (C=O) groups is 2. The summed E-state index contributed by atoms with van der Waals surface area (Å²) in [6, 6.07) is 12.8. The lowest BCUT2D eigenvalue weighted by Crippen LogP contribution is -2.55. The molecule has 3 amide bonds. The van der Waals surface area contributed by atoms with Crippen LogP contribution in [0.5, 0.6) is 5.75 Å². The molecule has 8 heteroatoms. The fourth-order valence-corrected chi connectivity index (χ4v) is 5.87. The normalized spacial score (nSPS) is 17.5. The number of amides is 3. The largest absolute Gasteiger partial charge is 0.484 e. The lowest BCUT2D eigenvalue weighted by Gasteiger charge is -2.44. The van der Waals surface area contributed by atoms with Crippen molar-refractivity contribution in [3.63, 3.8) is 0 Å². The van der Waals surface area contributed by atoms with Gasteiger partial charge in [0.15, 0.2) is 6.61 Å². The number of nitrogens with one attached hydrogen (secondary N) is 1. The van der Waals surface area contributed by atoms with Gasteiger partial charge in [-0.3, -0.25) is 4.79 Å². The number of nitrogens with zero attached hydrogens (tertiary/aromatic N) is 2. The predicted octanol–water partition coefficient (Wildman–Crippen LogP) is 4.94. The third-order valence-electron chi connectivity index (χ3n) is 6.33. The number of hydrogen-bond donors (Lipinski definition) is 1. The molecule has 0 aromatic heterocycles. The highest BCUT2D eigenvalue weighted by Crippen LogP contribution is 2.44. The van der Waals surface area contributed by atoms with Crippen molar-refractivity contribution in [3.05, 3.63) is 58.6 Å². The van der Waals surface area contributed by atoms with Crippen LogP contribution in [0, 0.1) is 13.8 Å². The number of rotatable bonds is 4. The molecule has 4 rings (SSSR count). The van der Waals surface area contributed by atoms with E-state index in [4.69, 9.17) is 16.3 Å². The van der Waals surface area contributed by atoms with Crippen LogP contribution in [-0.2, 0) is 4.79 Å². The lowest BCUT2D eigenvalue weighted by molar-refractivity contribution is -0.136. The van der Waals surface area contributed by atoms with Gasteiger partial charge >= 0.3 is 6.03 Å². The van der Waals surface area contributed by atoms with Crippen molar-refractivity contribution < 1.29 is 14.3 Å². The maximum atomic E-state index is 13.0. The summed E-state index contributed by atoms with van der Waals surface area (Å²) < 4.78 is 5.68. The molecule has 2 aliphatic rings. The van der Waals surface area contributed by atoms with Gasteiger partial charge in [0.1, 0.15) is 5.75 Å². The highest BCUT2D eigenvalue weighted by atomic mass is 35.5. The second kappa shape index (κ2) is 9.63. The van der Waals surface area contributed by atoms with Crippen LogP contribution in [0.15, 0.2) is 42.5 Å². The Kier molecular flexibility index (Phi) is 6.86. The molecule has 1 N–H and O–H groups in total. The second-order valence-corrected chi connectivity index (χ2v) is 10.1. The van der Waals surface area contributed by atoms with Crippen LogP contribution < -0.4 is 10.1 Å². The Hall–Kier alpha value is -2.38. The van der Waals surface area contributed by atoms with Gasteiger partial charge in [-0.15, -0.1) is 11.8 Å². The minimum atomic E-state index is -0.254. The number of carbonyl (C=O) groups excluding carboxylic acids is 2. The van der Waals surface area contributed by atoms with Crippen molar-refractivity contribution in [2.75, 3.05) is 37.3 Å². The van der Waals surface area contributed by atoms with Crippen molar-refractivity contribution >= 4 is 41.0 Å². The van der Waals surface area contributed by atoms with Gasteiger partial charge in [-0.1, -0.05) is 23.7 Å². The summed E-state index contributed by atoms with van der Waals surface area (Å²) in [4.78, 5) is 29.3. The molecular weight excluding hydrogens is 446 g/mol. The van der Waals surface area contributed by atoms with Gasteiger partial charge in [0.05, 0.1) is 4.87 Å². The first kappa shape index (κ1) is 22.8. The van der Waals surface area contributed by atoms with Crippen molar-refractivity contribution in [2.45, 2.75) is 31.6 Å². The van der Waals surface area contributed by atoms with E-state index in [1.54, 1.807) is 24.3 Å². The molecule has 0 bridgehead atoms. The topological polar surface area (TPSA) is 61.9 Å². The Bertz CT molecular complexity index is 990. The number of benzene rings is 2. The van der Waals surface area contributed by atoms with E-state index in [2.05, 4.69) is 5.32 Å². The zero-order chi connectivity index (χ0) is 22.7. The van der Waals surface area contributed by atoms with Gasteiger partial charge in [0.2, 0.25) is 0 Å². The van der Waals surface area contributed by atoms with E-state index in [0.29, 0.717) is 30.4 Å². The molecule has 2 heterocycles. The van der Waals surface area contributed by atoms with Gasteiger partial charge in [0, 0.05) is 36.1 Å². The van der Waals surface area contributed by atoms with E-state index >= 15 is 0 Å². The maximum absolute atomic E-state index is 13.0. The van der Waals surface area contributed by atoms with Crippen LogP contribution in [0.2, 0.25) is 5.02 Å². The van der Waals surface area contributed by atoms with Crippen molar-refractivity contribution in [1.82, 2.24) is 9.80 Å². The molecule has 0 saturated carbocycles. The minimum Gasteiger partial charge on any atom is -0.484 e. The molecule has 2 fully saturated rings. The van der Waals surface area contributed by atoms with Gasteiger partial charge in [-0.25, -0.2) is 4.79 Å². The summed E-state index contributed by atoms with van der Waals surface area (Å²) in [5, 5.41) is 3.68. The number of anilines is 1. The van der Waals surface area contributed by atoms with Gasteiger partial charge in [-0.05, 0) is 68.1 Å². The molecule has 2 aromatic carbocycles. The molecule has 170 valence electrons. The van der Waals surface area contributed by atoms with Gasteiger partial charge < -0.3 is 19.9 Å². The Balaban J connectivity index is 1.33. The first-order chi connectivity index (χ1) is 15.4. The third kappa shape index (κ3) is 4.84. The van der Waals surface area contributed by atoms with Crippen molar-refractivity contribution in [2.24, 2.45) is 0 Å². The Labute approximate surface area is 198 Å². The van der Waals surface area contributed by atoms with Gasteiger partial charge in [-0.2, -0.15) is 0 Å². The highest BCUT2D eigenvalue weighted by Gasteiger charge is 2.46. The quantitative estimate of drug-likeness (QED) is 0.683. The predicted molar refractivity (Wildman–Crippen MR) is 130 cm³/mol. The Morgan fingerprint density at radius 2 is 1.81 bits per heavy atom. The summed E-state index contributed by atoms with van der Waals surface area (Å²) in [7, 11) is 0. The van der Waals surface area contributed by atoms with E-state index in [1.165, 1.54) is 0 Å². The summed E-state index contributed by atoms with van der Waals surface area (Å²) >= 11 is 7.72. The van der Waals surface area contributed by atoms with E-state index in [0.717, 1.165) is 35.4 Å². The van der Waals surface area contributed by atoms with Crippen LogP contribution in [0.4, 0.5) is 10.5 Å². The molecule has 2 saturated heterocycles. The molecule has 2 aliphatic heterocycles. The number of halogens is 1. The zero-order valence-corrected chi connectivity index (χ0v) is 20.0. The lowest BCUT2D eigenvalue weighted by atomic mass is 10.0. The molecule has 2 aromatic rings. The van der Waals surface area contributed by atoms with E-state index in [-0.39, 0.29) is 23.4 Å². The standard InChI is InChI=1S/C24H28ClN3O3S/c1-17-4-3-5-21(18(17)2)26-23(30)27-12-10-24(11-13-27)28(14-15-32-24)22(29)16-31-20-8-6-19(25)7-9-20/h3-9H,10-16H2,1-2H3,(H,26,30). The minimum absolute atomic E-state index is 0.000772. The van der Waals surface area contributed by atoms with Crippen molar-refractivity contribution in [3.8, 4) is 5.75 Å². The van der Waals surface area contributed by atoms with E-state index < -0.39 is 0 Å². The maximum Gasteiger partial charge on any atom is 0.321 e. The average molecular weight is 474 g/mol. The first-order valence-corrected chi connectivity index (χ1v) is 12.2. The first-order valence-electron chi connectivity index (χ1n) is 10.8. The number of likely N-dealkylation sites (tertiary alicyclic amines) is 1. The van der Waals surface area contributed by atoms with Crippen LogP contribution in [0.3, 0.4) is 0 Å². The highest BCUT2D eigenvalue weighted by molar-refractivity contribution is 8.00. The molecule has 0 atom stereocenters. The smallest absolute Gasteiger partial charge is 0.321 e. The monoisotopic (exact) mass is 473 g/mol. The Morgan fingerprint density at radius 3 is 2.53 bits per heavy atom. The van der Waals surface area contributed by atoms with Crippen LogP contribution in [0.25, 0.3) is 0 Å². The number of thioether (sulfide) groups is 1. The fourth-order valence-electron chi connectivity index (χ4n) is 4.27. The fraction of sp³-hybridized carbons (Fsp3) is 0.417. The number of piperidine rings is 1. The molecule has 1 spiro atoms. The number of hydrogen-bond acceptors (Lipinski definition) is 4. The molecule has 0 unspecified atom stereocenters. The summed E-state index contributed by atoms with van der Waals surface area (Å²) in [5.41, 5.74) is 3.08. The van der Waals surface area contributed by atoms with E-state index in [9.17, 15) is 9.59 Å². The third-order valence-corrected chi connectivity index (χ3v) is 8.14. The summed E-state index contributed by atoms with van der Waals surface area (Å²) in [5.74, 6) is 1.52. The molecule has 0 radical (unpaired) electrons.